The first-order valence-electron chi connectivity index (χ1n) is 9.06. The molecule has 4 heterocycles. The van der Waals surface area contributed by atoms with Gasteiger partial charge in [-0.3, -0.25) is 18.7 Å². The van der Waals surface area contributed by atoms with Crippen molar-refractivity contribution in [2.24, 2.45) is 25.9 Å². The number of rotatable bonds is 2. The number of hydrogen-bond acceptors (Lipinski definition) is 5. The van der Waals surface area contributed by atoms with Gasteiger partial charge in [-0.25, -0.2) is 9.78 Å². The molecule has 0 aromatic carbocycles. The van der Waals surface area contributed by atoms with Crippen LogP contribution in [0.25, 0.3) is 11.2 Å². The number of aryl methyl sites for hydroxylation is 1. The third-order valence-electron chi connectivity index (χ3n) is 5.89. The molecule has 2 aliphatic heterocycles. The van der Waals surface area contributed by atoms with Crippen molar-refractivity contribution in [3.63, 3.8) is 0 Å². The number of imidazole rings is 1. The van der Waals surface area contributed by atoms with E-state index in [1.165, 1.54) is 17.9 Å². The molecule has 2 aromatic rings. The second-order valence-electron chi connectivity index (χ2n) is 7.39. The molecule has 0 radical (unpaired) electrons. The molecule has 2 aliphatic rings. The summed E-state index contributed by atoms with van der Waals surface area (Å²) < 4.78 is 3.94. The Morgan fingerprint density at radius 2 is 1.78 bits per heavy atom. The van der Waals surface area contributed by atoms with Crippen LogP contribution >= 0.6 is 12.4 Å². The van der Waals surface area contributed by atoms with Gasteiger partial charge >= 0.3 is 5.69 Å². The second kappa shape index (κ2) is 7.47. The van der Waals surface area contributed by atoms with E-state index in [1.807, 2.05) is 4.90 Å². The first-order valence-corrected chi connectivity index (χ1v) is 9.06. The summed E-state index contributed by atoms with van der Waals surface area (Å²) in [5, 5.41) is 3.43. The van der Waals surface area contributed by atoms with E-state index in [2.05, 4.69) is 10.3 Å². The predicted octanol–water partition coefficient (Wildman–Crippen LogP) is -0.686. The quantitative estimate of drug-likeness (QED) is 0.725. The van der Waals surface area contributed by atoms with Crippen molar-refractivity contribution in [3.05, 3.63) is 27.2 Å². The molecule has 2 aromatic heterocycles. The Morgan fingerprint density at radius 3 is 2.41 bits per heavy atom. The van der Waals surface area contributed by atoms with Gasteiger partial charge in [0.05, 0.1) is 6.33 Å². The summed E-state index contributed by atoms with van der Waals surface area (Å²) in [6.45, 7) is 3.67. The van der Waals surface area contributed by atoms with Crippen molar-refractivity contribution < 1.29 is 4.79 Å². The van der Waals surface area contributed by atoms with Crippen LogP contribution in [0.5, 0.6) is 0 Å². The van der Waals surface area contributed by atoms with Crippen LogP contribution in [0.15, 0.2) is 15.9 Å². The minimum atomic E-state index is -0.426. The van der Waals surface area contributed by atoms with Crippen molar-refractivity contribution >= 4 is 29.5 Å². The van der Waals surface area contributed by atoms with E-state index in [-0.39, 0.29) is 24.9 Å². The Hall–Kier alpha value is -2.13. The normalized spacial score (nSPS) is 22.4. The average molecular weight is 397 g/mol. The van der Waals surface area contributed by atoms with E-state index in [0.717, 1.165) is 43.6 Å². The lowest BCUT2D eigenvalue weighted by molar-refractivity contribution is -0.131. The first-order chi connectivity index (χ1) is 12.5. The molecule has 0 bridgehead atoms. The van der Waals surface area contributed by atoms with Gasteiger partial charge in [0.25, 0.3) is 5.56 Å². The zero-order chi connectivity index (χ0) is 18.4. The van der Waals surface area contributed by atoms with Crippen molar-refractivity contribution in [2.75, 3.05) is 26.2 Å². The number of aromatic nitrogens is 4. The maximum Gasteiger partial charge on any atom is 0.332 e. The van der Waals surface area contributed by atoms with Crippen molar-refractivity contribution in [2.45, 2.75) is 19.4 Å². The fourth-order valence-electron chi connectivity index (χ4n) is 4.23. The molecule has 2 fully saturated rings. The fourth-order valence-corrected chi connectivity index (χ4v) is 4.23. The van der Waals surface area contributed by atoms with E-state index in [0.29, 0.717) is 23.0 Å². The van der Waals surface area contributed by atoms with E-state index in [9.17, 15) is 14.4 Å². The zero-order valence-electron chi connectivity index (χ0n) is 15.6. The topological polar surface area (TPSA) is 94.2 Å². The highest BCUT2D eigenvalue weighted by Crippen LogP contribution is 2.27. The van der Waals surface area contributed by atoms with Gasteiger partial charge < -0.3 is 14.8 Å². The Bertz CT molecular complexity index is 963. The lowest BCUT2D eigenvalue weighted by atomic mass is 9.92. The highest BCUT2D eigenvalue weighted by atomic mass is 35.5. The molecular weight excluding hydrogens is 372 g/mol. The van der Waals surface area contributed by atoms with Gasteiger partial charge in [-0.05, 0) is 37.8 Å². The molecule has 2 atom stereocenters. The Balaban J connectivity index is 0.00000210. The van der Waals surface area contributed by atoms with Gasteiger partial charge in [0, 0.05) is 27.2 Å². The van der Waals surface area contributed by atoms with Gasteiger partial charge in [0.2, 0.25) is 5.91 Å². The van der Waals surface area contributed by atoms with E-state index >= 15 is 0 Å². The zero-order valence-corrected chi connectivity index (χ0v) is 16.4. The molecule has 1 amide bonds. The maximum absolute atomic E-state index is 12.8. The van der Waals surface area contributed by atoms with E-state index in [4.69, 9.17) is 0 Å². The Morgan fingerprint density at radius 1 is 1.15 bits per heavy atom. The Labute approximate surface area is 162 Å². The summed E-state index contributed by atoms with van der Waals surface area (Å²) in [6, 6.07) is 0. The van der Waals surface area contributed by atoms with Crippen LogP contribution in [0, 0.1) is 11.8 Å². The van der Waals surface area contributed by atoms with Crippen molar-refractivity contribution in [3.8, 4) is 0 Å². The molecule has 0 unspecified atom stereocenters. The molecule has 10 heteroatoms. The number of nitrogens with one attached hydrogen (secondary N) is 1. The van der Waals surface area contributed by atoms with Crippen molar-refractivity contribution in [1.29, 1.82) is 0 Å². The largest absolute Gasteiger partial charge is 0.341 e. The number of fused-ring (bicyclic) bond motifs is 2. The number of nitrogens with zero attached hydrogens (tertiary/aromatic N) is 5. The summed E-state index contributed by atoms with van der Waals surface area (Å²) in [7, 11) is 3.01. The first kappa shape index (κ1) is 19.6. The smallest absolute Gasteiger partial charge is 0.332 e. The van der Waals surface area contributed by atoms with Crippen LogP contribution in [0.2, 0.25) is 0 Å². The van der Waals surface area contributed by atoms with Crippen LogP contribution in [0.3, 0.4) is 0 Å². The molecule has 4 rings (SSSR count). The molecular formula is C17H25ClN6O3. The Kier molecular flexibility index (Phi) is 5.43. The molecule has 0 saturated carbocycles. The number of likely N-dealkylation sites (tertiary alicyclic amines) is 1. The monoisotopic (exact) mass is 396 g/mol. The molecule has 0 spiro atoms. The number of halogens is 1. The fraction of sp³-hybridized carbons (Fsp3) is 0.647. The second-order valence-corrected chi connectivity index (χ2v) is 7.39. The summed E-state index contributed by atoms with van der Waals surface area (Å²) in [5.41, 5.74) is -0.252. The molecule has 148 valence electrons. The van der Waals surface area contributed by atoms with Crippen molar-refractivity contribution in [1.82, 2.24) is 28.9 Å². The SMILES string of the molecule is Cl.Cn1c(=O)c2c(ncn2CC(=O)N2CC[C@@H]3CNC[C@@H]3CC2)n(C)c1=O. The van der Waals surface area contributed by atoms with Crippen LogP contribution in [0.4, 0.5) is 0 Å². The minimum Gasteiger partial charge on any atom is -0.341 e. The van der Waals surface area contributed by atoms with Crippen LogP contribution in [-0.4, -0.2) is 55.7 Å². The van der Waals surface area contributed by atoms with Gasteiger partial charge in [0.1, 0.15) is 6.54 Å². The highest BCUT2D eigenvalue weighted by molar-refractivity contribution is 5.85. The molecule has 27 heavy (non-hydrogen) atoms. The number of hydrogen-bond donors (Lipinski definition) is 1. The number of carbonyl (C=O) groups excluding carboxylic acids is 1. The summed E-state index contributed by atoms with van der Waals surface area (Å²) >= 11 is 0. The van der Waals surface area contributed by atoms with E-state index < -0.39 is 11.2 Å². The highest BCUT2D eigenvalue weighted by Gasteiger charge is 2.31. The van der Waals surface area contributed by atoms with E-state index in [1.54, 1.807) is 11.6 Å². The third-order valence-corrected chi connectivity index (χ3v) is 5.89. The van der Waals surface area contributed by atoms with Crippen LogP contribution in [0.1, 0.15) is 12.8 Å². The summed E-state index contributed by atoms with van der Waals surface area (Å²) in [4.78, 5) is 43.4. The predicted molar refractivity (Wildman–Crippen MR) is 103 cm³/mol. The lowest BCUT2D eigenvalue weighted by Gasteiger charge is -2.21. The number of amides is 1. The maximum atomic E-state index is 12.8. The summed E-state index contributed by atoms with van der Waals surface area (Å²) in [6.07, 6.45) is 3.51. The molecule has 9 nitrogen and oxygen atoms in total. The third kappa shape index (κ3) is 3.29. The average Bonchev–Trinajstić information content (AvgIpc) is 3.20. The summed E-state index contributed by atoms with van der Waals surface area (Å²) in [5.74, 6) is 1.31. The van der Waals surface area contributed by atoms with Gasteiger partial charge in [-0.15, -0.1) is 12.4 Å². The molecule has 0 aliphatic carbocycles. The molecule has 1 N–H and O–H groups in total. The minimum absolute atomic E-state index is 0. The van der Waals surface area contributed by atoms with Gasteiger partial charge in [-0.2, -0.15) is 0 Å². The standard InChI is InChI=1S/C17H24N6O3.ClH/c1-20-15-14(16(25)21(2)17(20)26)23(10-19-15)9-13(24)22-5-3-11-7-18-8-12(11)4-6-22;/h10-12,18H,3-9H2,1-2H3;1H/t11-,12+;. The van der Waals surface area contributed by atoms with Gasteiger partial charge in [-0.1, -0.05) is 0 Å². The van der Waals surface area contributed by atoms with Crippen LogP contribution < -0.4 is 16.6 Å². The lowest BCUT2D eigenvalue weighted by Crippen LogP contribution is -2.39. The van der Waals surface area contributed by atoms with Gasteiger partial charge in [0.15, 0.2) is 11.2 Å². The molecule has 2 saturated heterocycles. The number of carbonyl (C=O) groups is 1. The van der Waals surface area contributed by atoms with Crippen LogP contribution in [-0.2, 0) is 25.4 Å².